The van der Waals surface area contributed by atoms with Gasteiger partial charge in [0.15, 0.2) is 11.8 Å². The van der Waals surface area contributed by atoms with Crippen LogP contribution in [0.2, 0.25) is 5.02 Å². The highest BCUT2D eigenvalue weighted by atomic mass is 127. The van der Waals surface area contributed by atoms with Crippen LogP contribution in [0.15, 0.2) is 29.3 Å². The number of ether oxygens (including phenoxy) is 2. The minimum Gasteiger partial charge on any atom is -0.492 e. The van der Waals surface area contributed by atoms with Gasteiger partial charge in [0.1, 0.15) is 24.8 Å². The summed E-state index contributed by atoms with van der Waals surface area (Å²) in [6.07, 6.45) is 1.86. The van der Waals surface area contributed by atoms with E-state index in [1.54, 1.807) is 14.2 Å². The van der Waals surface area contributed by atoms with Crippen molar-refractivity contribution in [1.29, 1.82) is 0 Å². The van der Waals surface area contributed by atoms with E-state index in [0.29, 0.717) is 24.8 Å². The molecule has 0 fully saturated rings. The van der Waals surface area contributed by atoms with Crippen LogP contribution in [0.25, 0.3) is 0 Å². The zero-order valence-electron chi connectivity index (χ0n) is 16.0. The predicted octanol–water partition coefficient (Wildman–Crippen LogP) is 2.25. The molecule has 1 atom stereocenters. The normalized spacial score (nSPS) is 16.1. The van der Waals surface area contributed by atoms with Crippen LogP contribution in [0.3, 0.4) is 0 Å². The number of rotatable bonds is 7. The Hall–Kier alpha value is -1.59. The lowest BCUT2D eigenvalue weighted by Gasteiger charge is -2.25. The van der Waals surface area contributed by atoms with Gasteiger partial charge in [-0.25, -0.2) is 9.67 Å². The van der Waals surface area contributed by atoms with Crippen LogP contribution in [0.5, 0.6) is 5.75 Å². The number of aryl methyl sites for hydroxylation is 1. The van der Waals surface area contributed by atoms with E-state index in [1.165, 1.54) is 0 Å². The molecule has 0 aliphatic carbocycles. The van der Waals surface area contributed by atoms with Crippen molar-refractivity contribution in [2.45, 2.75) is 32.0 Å². The molecule has 28 heavy (non-hydrogen) atoms. The molecule has 1 aliphatic rings. The number of fused-ring (bicyclic) bond motifs is 1. The number of benzene rings is 1. The molecule has 1 unspecified atom stereocenters. The Morgan fingerprint density at radius 3 is 2.86 bits per heavy atom. The standard InChI is InChI=1S/C18H25ClN6O2.HI/c1-20-18(21-9-10-27-15-6-3-13(19)4-7-15)22-14-5-8-17-23-16(12-26-2)24-25(17)11-14;/h3-4,6-7,14H,5,8-12H2,1-2H3,(H2,20,21,22);1H. The number of nitrogens with zero attached hydrogens (tertiary/aromatic N) is 4. The number of halogens is 2. The molecule has 8 nitrogen and oxygen atoms in total. The molecule has 0 saturated heterocycles. The first-order valence-corrected chi connectivity index (χ1v) is 9.33. The predicted molar refractivity (Wildman–Crippen MR) is 120 cm³/mol. The molecule has 0 radical (unpaired) electrons. The van der Waals surface area contributed by atoms with Gasteiger partial charge in [-0.3, -0.25) is 4.99 Å². The monoisotopic (exact) mass is 520 g/mol. The van der Waals surface area contributed by atoms with Gasteiger partial charge >= 0.3 is 0 Å². The second-order valence-corrected chi connectivity index (χ2v) is 6.68. The lowest BCUT2D eigenvalue weighted by Crippen LogP contribution is -2.47. The number of methoxy groups -OCH3 is 1. The number of nitrogens with one attached hydrogen (secondary N) is 2. The number of hydrogen-bond donors (Lipinski definition) is 2. The molecule has 0 amide bonds. The second kappa shape index (κ2) is 11.4. The topological polar surface area (TPSA) is 85.6 Å². The van der Waals surface area contributed by atoms with Crippen molar-refractivity contribution < 1.29 is 9.47 Å². The first-order chi connectivity index (χ1) is 13.2. The van der Waals surface area contributed by atoms with Gasteiger partial charge in [-0.1, -0.05) is 11.6 Å². The molecular formula is C18H26ClIN6O2. The summed E-state index contributed by atoms with van der Waals surface area (Å²) >= 11 is 5.87. The Kier molecular flexibility index (Phi) is 9.26. The quantitative estimate of drug-likeness (QED) is 0.252. The van der Waals surface area contributed by atoms with Crippen LogP contribution in [0.1, 0.15) is 18.1 Å². The molecule has 154 valence electrons. The summed E-state index contributed by atoms with van der Waals surface area (Å²) in [4.78, 5) is 8.78. The molecule has 1 aromatic carbocycles. The fraction of sp³-hybridized carbons (Fsp3) is 0.500. The first kappa shape index (κ1) is 22.7. The molecule has 3 rings (SSSR count). The summed E-state index contributed by atoms with van der Waals surface area (Å²) in [6, 6.07) is 7.57. The highest BCUT2D eigenvalue weighted by Gasteiger charge is 2.22. The molecule has 0 spiro atoms. The molecule has 0 saturated carbocycles. The van der Waals surface area contributed by atoms with Gasteiger partial charge in [-0.2, -0.15) is 5.10 Å². The lowest BCUT2D eigenvalue weighted by atomic mass is 10.1. The van der Waals surface area contributed by atoms with Crippen molar-refractivity contribution >= 4 is 41.5 Å². The smallest absolute Gasteiger partial charge is 0.191 e. The van der Waals surface area contributed by atoms with Crippen LogP contribution in [0, 0.1) is 0 Å². The number of aliphatic imine (C=N–C) groups is 1. The highest BCUT2D eigenvalue weighted by molar-refractivity contribution is 14.0. The second-order valence-electron chi connectivity index (χ2n) is 6.24. The summed E-state index contributed by atoms with van der Waals surface area (Å²) in [6.45, 7) is 2.37. The van der Waals surface area contributed by atoms with Crippen molar-refractivity contribution in [2.24, 2.45) is 4.99 Å². The Morgan fingerprint density at radius 1 is 1.36 bits per heavy atom. The van der Waals surface area contributed by atoms with Crippen LogP contribution in [-0.4, -0.2) is 54.1 Å². The Morgan fingerprint density at radius 2 is 2.14 bits per heavy atom. The first-order valence-electron chi connectivity index (χ1n) is 8.95. The lowest BCUT2D eigenvalue weighted by molar-refractivity contribution is 0.177. The molecule has 1 aromatic heterocycles. The van der Waals surface area contributed by atoms with E-state index in [1.807, 2.05) is 28.9 Å². The maximum atomic E-state index is 5.87. The molecule has 1 aliphatic heterocycles. The Labute approximate surface area is 187 Å². The molecule has 0 bridgehead atoms. The Bertz CT molecular complexity index is 768. The van der Waals surface area contributed by atoms with Crippen LogP contribution >= 0.6 is 35.6 Å². The van der Waals surface area contributed by atoms with E-state index in [0.717, 1.165) is 42.7 Å². The van der Waals surface area contributed by atoms with Crippen LogP contribution in [0.4, 0.5) is 0 Å². The van der Waals surface area contributed by atoms with Gasteiger partial charge < -0.3 is 20.1 Å². The number of hydrogen-bond acceptors (Lipinski definition) is 5. The maximum Gasteiger partial charge on any atom is 0.191 e. The van der Waals surface area contributed by atoms with E-state index >= 15 is 0 Å². The van der Waals surface area contributed by atoms with Gasteiger partial charge in [-0.05, 0) is 30.7 Å². The van der Waals surface area contributed by atoms with Crippen molar-refractivity contribution in [3.05, 3.63) is 40.9 Å². The zero-order chi connectivity index (χ0) is 19.1. The van der Waals surface area contributed by atoms with Gasteiger partial charge in [0.25, 0.3) is 0 Å². The van der Waals surface area contributed by atoms with Crippen molar-refractivity contribution in [3.63, 3.8) is 0 Å². The summed E-state index contributed by atoms with van der Waals surface area (Å²) in [5, 5.41) is 11.9. The van der Waals surface area contributed by atoms with Gasteiger partial charge in [-0.15, -0.1) is 24.0 Å². The summed E-state index contributed by atoms with van der Waals surface area (Å²) < 4.78 is 12.7. The third kappa shape index (κ3) is 6.49. The molecule has 2 N–H and O–H groups in total. The Balaban J connectivity index is 0.00000280. The number of aromatic nitrogens is 3. The summed E-state index contributed by atoms with van der Waals surface area (Å²) in [7, 11) is 3.41. The SMILES string of the molecule is CN=C(NCCOc1ccc(Cl)cc1)NC1CCc2nc(COC)nn2C1.I. The van der Waals surface area contributed by atoms with E-state index in [9.17, 15) is 0 Å². The minimum absolute atomic E-state index is 0. The molecule has 2 heterocycles. The fourth-order valence-electron chi connectivity index (χ4n) is 2.93. The zero-order valence-corrected chi connectivity index (χ0v) is 19.1. The van der Waals surface area contributed by atoms with Crippen molar-refractivity contribution in [3.8, 4) is 5.75 Å². The number of guanidine groups is 1. The van der Waals surface area contributed by atoms with E-state index in [4.69, 9.17) is 21.1 Å². The molecule has 2 aromatic rings. The highest BCUT2D eigenvalue weighted by Crippen LogP contribution is 2.15. The average Bonchev–Trinajstić information content (AvgIpc) is 3.07. The minimum atomic E-state index is 0. The maximum absolute atomic E-state index is 5.87. The van der Waals surface area contributed by atoms with E-state index in [-0.39, 0.29) is 30.0 Å². The third-order valence-corrected chi connectivity index (χ3v) is 4.47. The largest absolute Gasteiger partial charge is 0.492 e. The van der Waals surface area contributed by atoms with Crippen LogP contribution < -0.4 is 15.4 Å². The molecule has 10 heteroatoms. The van der Waals surface area contributed by atoms with Crippen LogP contribution in [-0.2, 0) is 24.3 Å². The van der Waals surface area contributed by atoms with Crippen molar-refractivity contribution in [2.75, 3.05) is 27.3 Å². The summed E-state index contributed by atoms with van der Waals surface area (Å²) in [5.41, 5.74) is 0. The van der Waals surface area contributed by atoms with Gasteiger partial charge in [0, 0.05) is 31.6 Å². The average molecular weight is 521 g/mol. The van der Waals surface area contributed by atoms with Gasteiger partial charge in [0.05, 0.1) is 13.1 Å². The van der Waals surface area contributed by atoms with Crippen molar-refractivity contribution in [1.82, 2.24) is 25.4 Å². The van der Waals surface area contributed by atoms with Gasteiger partial charge in [0.2, 0.25) is 0 Å². The molecular weight excluding hydrogens is 495 g/mol. The van der Waals surface area contributed by atoms with E-state index < -0.39 is 0 Å². The fourth-order valence-corrected chi connectivity index (χ4v) is 3.05. The summed E-state index contributed by atoms with van der Waals surface area (Å²) in [5.74, 6) is 3.29. The third-order valence-electron chi connectivity index (χ3n) is 4.22. The van der Waals surface area contributed by atoms with E-state index in [2.05, 4.69) is 25.7 Å².